The average Bonchev–Trinajstić information content (AvgIpc) is 2.28. The van der Waals surface area contributed by atoms with Gasteiger partial charge < -0.3 is 4.90 Å². The minimum Gasteiger partial charge on any atom is -0.302 e. The van der Waals surface area contributed by atoms with Gasteiger partial charge in [-0.05, 0) is 38.9 Å². The van der Waals surface area contributed by atoms with E-state index in [0.717, 1.165) is 32.5 Å². The normalized spacial score (nSPS) is 25.7. The molecule has 0 unspecified atom stereocenters. The van der Waals surface area contributed by atoms with Crippen LogP contribution in [0.5, 0.6) is 0 Å². The van der Waals surface area contributed by atoms with Crippen molar-refractivity contribution in [2.45, 2.75) is 32.1 Å². The zero-order valence-corrected chi connectivity index (χ0v) is 9.58. The minimum absolute atomic E-state index is 0.430. The molecule has 2 fully saturated rings. The third kappa shape index (κ3) is 3.58. The van der Waals surface area contributed by atoms with Gasteiger partial charge in [0.2, 0.25) is 0 Å². The van der Waals surface area contributed by atoms with Crippen molar-refractivity contribution in [3.63, 3.8) is 0 Å². The van der Waals surface area contributed by atoms with E-state index in [1.807, 2.05) is 0 Å². The van der Waals surface area contributed by atoms with E-state index in [4.69, 9.17) is 0 Å². The van der Waals surface area contributed by atoms with Crippen molar-refractivity contribution in [2.75, 3.05) is 39.3 Å². The summed E-state index contributed by atoms with van der Waals surface area (Å²) >= 11 is 0. The zero-order chi connectivity index (χ0) is 10.5. The van der Waals surface area contributed by atoms with E-state index < -0.39 is 0 Å². The molecule has 2 heterocycles. The van der Waals surface area contributed by atoms with Gasteiger partial charge in [-0.2, -0.15) is 0 Å². The van der Waals surface area contributed by atoms with Gasteiger partial charge in [-0.25, -0.2) is 0 Å². The second-order valence-electron chi connectivity index (χ2n) is 4.82. The van der Waals surface area contributed by atoms with E-state index in [-0.39, 0.29) is 0 Å². The summed E-state index contributed by atoms with van der Waals surface area (Å²) < 4.78 is 0. The Bertz CT molecular complexity index is 212. The fourth-order valence-corrected chi connectivity index (χ4v) is 2.56. The molecule has 0 aromatic carbocycles. The maximum atomic E-state index is 11.3. The number of Topliss-reactive ketones (excluding diaryl/α,β-unsaturated/α-hetero) is 1. The van der Waals surface area contributed by atoms with Crippen molar-refractivity contribution >= 4 is 5.78 Å². The first-order valence-electron chi connectivity index (χ1n) is 6.31. The van der Waals surface area contributed by atoms with Gasteiger partial charge in [-0.3, -0.25) is 9.69 Å². The number of hydrogen-bond donors (Lipinski definition) is 0. The molecule has 0 amide bonds. The topological polar surface area (TPSA) is 23.6 Å². The molecule has 0 aromatic rings. The lowest BCUT2D eigenvalue weighted by molar-refractivity contribution is -0.122. The second kappa shape index (κ2) is 5.61. The quantitative estimate of drug-likeness (QED) is 0.698. The molecule has 0 spiro atoms. The van der Waals surface area contributed by atoms with E-state index in [1.54, 1.807) is 0 Å². The number of carbonyl (C=O) groups excluding carboxylic acids is 1. The predicted molar refractivity (Wildman–Crippen MR) is 61.0 cm³/mol. The highest BCUT2D eigenvalue weighted by Crippen LogP contribution is 2.09. The highest BCUT2D eigenvalue weighted by atomic mass is 16.1. The van der Waals surface area contributed by atoms with Gasteiger partial charge in [0.1, 0.15) is 5.78 Å². The van der Waals surface area contributed by atoms with Gasteiger partial charge in [0.05, 0.1) is 6.54 Å². The van der Waals surface area contributed by atoms with Gasteiger partial charge in [-0.1, -0.05) is 6.42 Å². The van der Waals surface area contributed by atoms with Crippen LogP contribution in [0.15, 0.2) is 0 Å². The van der Waals surface area contributed by atoms with E-state index in [0.29, 0.717) is 12.3 Å². The molecule has 0 N–H and O–H groups in total. The Balaban J connectivity index is 1.65. The van der Waals surface area contributed by atoms with Crippen LogP contribution < -0.4 is 0 Å². The van der Waals surface area contributed by atoms with Crippen molar-refractivity contribution in [3.8, 4) is 0 Å². The van der Waals surface area contributed by atoms with Crippen molar-refractivity contribution in [3.05, 3.63) is 0 Å². The lowest BCUT2D eigenvalue weighted by Crippen LogP contribution is -2.42. The van der Waals surface area contributed by atoms with Crippen LogP contribution in [0, 0.1) is 0 Å². The number of carbonyl (C=O) groups is 1. The number of piperidine rings is 2. The maximum absolute atomic E-state index is 11.3. The lowest BCUT2D eigenvalue weighted by Gasteiger charge is -2.31. The Morgan fingerprint density at radius 3 is 2.27 bits per heavy atom. The van der Waals surface area contributed by atoms with E-state index >= 15 is 0 Å². The standard InChI is InChI=1S/C12H22N2O/c15-12-5-4-8-14(11-12)10-9-13-6-2-1-3-7-13/h1-11H2. The first-order valence-corrected chi connectivity index (χ1v) is 6.31. The molecule has 0 bridgehead atoms. The summed E-state index contributed by atoms with van der Waals surface area (Å²) in [4.78, 5) is 16.1. The van der Waals surface area contributed by atoms with Crippen LogP contribution in [0.25, 0.3) is 0 Å². The summed E-state index contributed by atoms with van der Waals surface area (Å²) in [5.74, 6) is 0.430. The molecule has 2 rings (SSSR count). The second-order valence-corrected chi connectivity index (χ2v) is 4.82. The largest absolute Gasteiger partial charge is 0.302 e. The maximum Gasteiger partial charge on any atom is 0.146 e. The Labute approximate surface area is 92.4 Å². The van der Waals surface area contributed by atoms with Gasteiger partial charge in [-0.15, -0.1) is 0 Å². The monoisotopic (exact) mass is 210 g/mol. The van der Waals surface area contributed by atoms with Gasteiger partial charge in [0.15, 0.2) is 0 Å². The summed E-state index contributed by atoms with van der Waals surface area (Å²) in [6.07, 6.45) is 6.00. The number of rotatable bonds is 3. The minimum atomic E-state index is 0.430. The van der Waals surface area contributed by atoms with Gasteiger partial charge in [0.25, 0.3) is 0 Å². The molecule has 0 atom stereocenters. The molecule has 2 saturated heterocycles. The Morgan fingerprint density at radius 1 is 0.867 bits per heavy atom. The molecular formula is C12H22N2O. The van der Waals surface area contributed by atoms with Gasteiger partial charge >= 0.3 is 0 Å². The smallest absolute Gasteiger partial charge is 0.146 e. The molecule has 0 aromatic heterocycles. The fourth-order valence-electron chi connectivity index (χ4n) is 2.56. The van der Waals surface area contributed by atoms with Crippen molar-refractivity contribution in [1.29, 1.82) is 0 Å². The van der Waals surface area contributed by atoms with Crippen LogP contribution in [0.2, 0.25) is 0 Å². The zero-order valence-electron chi connectivity index (χ0n) is 9.58. The fraction of sp³-hybridized carbons (Fsp3) is 0.917. The summed E-state index contributed by atoms with van der Waals surface area (Å²) in [5, 5.41) is 0. The van der Waals surface area contributed by atoms with Crippen LogP contribution in [-0.4, -0.2) is 54.9 Å². The Hall–Kier alpha value is -0.410. The molecule has 15 heavy (non-hydrogen) atoms. The third-order valence-electron chi connectivity index (χ3n) is 3.51. The first kappa shape index (κ1) is 11.1. The van der Waals surface area contributed by atoms with Crippen molar-refractivity contribution in [1.82, 2.24) is 9.80 Å². The van der Waals surface area contributed by atoms with Crippen LogP contribution in [0.3, 0.4) is 0 Å². The van der Waals surface area contributed by atoms with E-state index in [1.165, 1.54) is 32.4 Å². The van der Waals surface area contributed by atoms with Gasteiger partial charge in [0, 0.05) is 19.5 Å². The van der Waals surface area contributed by atoms with Crippen LogP contribution in [-0.2, 0) is 4.79 Å². The van der Waals surface area contributed by atoms with Crippen molar-refractivity contribution < 1.29 is 4.79 Å². The molecule has 86 valence electrons. The lowest BCUT2D eigenvalue weighted by atomic mass is 10.1. The van der Waals surface area contributed by atoms with Crippen LogP contribution in [0.4, 0.5) is 0 Å². The molecule has 0 saturated carbocycles. The molecule has 3 nitrogen and oxygen atoms in total. The van der Waals surface area contributed by atoms with Crippen LogP contribution in [0.1, 0.15) is 32.1 Å². The number of likely N-dealkylation sites (tertiary alicyclic amines) is 2. The molecule has 3 heteroatoms. The molecule has 0 radical (unpaired) electrons. The summed E-state index contributed by atoms with van der Waals surface area (Å²) in [6.45, 7) is 6.61. The molecule has 0 aliphatic carbocycles. The summed E-state index contributed by atoms with van der Waals surface area (Å²) in [6, 6.07) is 0. The highest BCUT2D eigenvalue weighted by molar-refractivity contribution is 5.81. The summed E-state index contributed by atoms with van der Waals surface area (Å²) in [7, 11) is 0. The average molecular weight is 210 g/mol. The predicted octanol–water partition coefficient (Wildman–Crippen LogP) is 1.14. The first-order chi connectivity index (χ1) is 7.34. The Morgan fingerprint density at radius 2 is 1.53 bits per heavy atom. The number of ketones is 1. The molecule has 2 aliphatic heterocycles. The molecular weight excluding hydrogens is 188 g/mol. The van der Waals surface area contributed by atoms with E-state index in [2.05, 4.69) is 9.80 Å². The third-order valence-corrected chi connectivity index (χ3v) is 3.51. The highest BCUT2D eigenvalue weighted by Gasteiger charge is 2.17. The van der Waals surface area contributed by atoms with E-state index in [9.17, 15) is 4.79 Å². The van der Waals surface area contributed by atoms with Crippen LogP contribution >= 0.6 is 0 Å². The summed E-state index contributed by atoms with van der Waals surface area (Å²) in [5.41, 5.74) is 0. The number of nitrogens with zero attached hydrogens (tertiary/aromatic N) is 2. The molecule has 2 aliphatic rings. The van der Waals surface area contributed by atoms with Crippen molar-refractivity contribution in [2.24, 2.45) is 0 Å². The SMILES string of the molecule is O=C1CCCN(CCN2CCCCC2)C1. The number of hydrogen-bond acceptors (Lipinski definition) is 3. The Kier molecular flexibility index (Phi) is 4.15.